The zero-order chi connectivity index (χ0) is 14.3. The van der Waals surface area contributed by atoms with E-state index in [0.29, 0.717) is 0 Å². The number of anilines is 1. The molecular weight excluding hydrogens is 246 g/mol. The summed E-state index contributed by atoms with van der Waals surface area (Å²) in [5, 5.41) is 0. The summed E-state index contributed by atoms with van der Waals surface area (Å²) in [6, 6.07) is 16.5. The fraction of sp³-hybridized carbons (Fsp3) is 0.278. The van der Waals surface area contributed by atoms with Crippen LogP contribution in [0, 0.1) is 6.92 Å². The number of carbonyl (C=O) groups is 1. The van der Waals surface area contributed by atoms with Crippen molar-refractivity contribution in [1.29, 1.82) is 0 Å². The Morgan fingerprint density at radius 1 is 1.10 bits per heavy atom. The summed E-state index contributed by atoms with van der Waals surface area (Å²) in [4.78, 5) is 14.5. The molecule has 0 spiro atoms. The molecule has 1 heterocycles. The highest BCUT2D eigenvalue weighted by atomic mass is 16.2. The molecule has 0 bridgehead atoms. The van der Waals surface area contributed by atoms with Gasteiger partial charge in [-0.2, -0.15) is 0 Å². The van der Waals surface area contributed by atoms with Gasteiger partial charge in [-0.15, -0.1) is 0 Å². The molecule has 0 saturated carbocycles. The second-order valence-corrected chi connectivity index (χ2v) is 5.88. The molecule has 1 amide bonds. The second kappa shape index (κ2) is 4.48. The minimum absolute atomic E-state index is 0.182. The Hall–Kier alpha value is -2.09. The zero-order valence-corrected chi connectivity index (χ0v) is 12.2. The van der Waals surface area contributed by atoms with Crippen molar-refractivity contribution < 1.29 is 4.79 Å². The van der Waals surface area contributed by atoms with Gasteiger partial charge in [0.05, 0.1) is 5.41 Å². The Labute approximate surface area is 120 Å². The number of rotatable bonds is 2. The van der Waals surface area contributed by atoms with Crippen LogP contribution in [0.2, 0.25) is 0 Å². The molecule has 0 fully saturated rings. The summed E-state index contributed by atoms with van der Waals surface area (Å²) in [6.45, 7) is 4.12. The van der Waals surface area contributed by atoms with E-state index >= 15 is 0 Å². The summed E-state index contributed by atoms with van der Waals surface area (Å²) in [5.74, 6) is 0.182. The van der Waals surface area contributed by atoms with Crippen molar-refractivity contribution in [2.45, 2.75) is 25.7 Å². The fourth-order valence-electron chi connectivity index (χ4n) is 3.16. The number of benzene rings is 2. The van der Waals surface area contributed by atoms with Crippen molar-refractivity contribution in [1.82, 2.24) is 0 Å². The molecule has 0 radical (unpaired) electrons. The van der Waals surface area contributed by atoms with Crippen LogP contribution >= 0.6 is 0 Å². The zero-order valence-electron chi connectivity index (χ0n) is 12.2. The van der Waals surface area contributed by atoms with Gasteiger partial charge in [0.25, 0.3) is 0 Å². The first kappa shape index (κ1) is 12.9. The number of hydrogen-bond acceptors (Lipinski definition) is 1. The summed E-state index contributed by atoms with van der Waals surface area (Å²) >= 11 is 0. The van der Waals surface area contributed by atoms with Crippen LogP contribution in [0.1, 0.15) is 23.6 Å². The summed E-state index contributed by atoms with van der Waals surface area (Å²) in [6.07, 6.45) is 0.743. The number of nitrogens with zero attached hydrogens (tertiary/aromatic N) is 1. The molecule has 2 heteroatoms. The number of amides is 1. The highest BCUT2D eigenvalue weighted by molar-refractivity contribution is 6.07. The Balaban J connectivity index is 2.08. The van der Waals surface area contributed by atoms with E-state index in [0.717, 1.165) is 17.7 Å². The molecule has 0 aliphatic carbocycles. The van der Waals surface area contributed by atoms with Crippen LogP contribution in [0.3, 0.4) is 0 Å². The average molecular weight is 265 g/mol. The van der Waals surface area contributed by atoms with Crippen LogP contribution in [-0.4, -0.2) is 13.0 Å². The van der Waals surface area contributed by atoms with Gasteiger partial charge in [0.1, 0.15) is 0 Å². The van der Waals surface area contributed by atoms with Crippen LogP contribution in [0.25, 0.3) is 0 Å². The quantitative estimate of drug-likeness (QED) is 0.814. The van der Waals surface area contributed by atoms with Crippen molar-refractivity contribution >= 4 is 11.6 Å². The molecule has 3 rings (SSSR count). The van der Waals surface area contributed by atoms with Gasteiger partial charge in [0, 0.05) is 12.7 Å². The normalized spacial score (nSPS) is 21.1. The number of carbonyl (C=O) groups excluding carboxylic acids is 1. The second-order valence-electron chi connectivity index (χ2n) is 5.88. The minimum Gasteiger partial charge on any atom is -0.314 e. The van der Waals surface area contributed by atoms with Gasteiger partial charge in [0.2, 0.25) is 5.91 Å². The summed E-state index contributed by atoms with van der Waals surface area (Å²) in [5.41, 5.74) is 4.12. The predicted molar refractivity (Wildman–Crippen MR) is 82.1 cm³/mol. The van der Waals surface area contributed by atoms with Gasteiger partial charge in [-0.1, -0.05) is 42.5 Å². The smallest absolute Gasteiger partial charge is 0.237 e. The van der Waals surface area contributed by atoms with Gasteiger partial charge in [-0.25, -0.2) is 0 Å². The van der Waals surface area contributed by atoms with Crippen molar-refractivity contribution in [2.75, 3.05) is 11.9 Å². The van der Waals surface area contributed by atoms with Crippen molar-refractivity contribution in [3.8, 4) is 0 Å². The standard InChI is InChI=1S/C18H19NO/c1-13-9-10-15-16(11-13)19(3)17(20)18(15,2)12-14-7-5-4-6-8-14/h4-11H,12H2,1-3H3/t18-/m1/s1. The van der Waals surface area contributed by atoms with Crippen LogP contribution in [-0.2, 0) is 16.6 Å². The first-order chi connectivity index (χ1) is 9.52. The van der Waals surface area contributed by atoms with E-state index in [1.165, 1.54) is 11.1 Å². The molecule has 1 aliphatic rings. The lowest BCUT2D eigenvalue weighted by molar-refractivity contribution is -0.122. The Kier molecular flexibility index (Phi) is 2.89. The van der Waals surface area contributed by atoms with Crippen molar-refractivity contribution in [3.63, 3.8) is 0 Å². The predicted octanol–water partition coefficient (Wildman–Crippen LogP) is 3.47. The van der Waals surface area contributed by atoms with E-state index in [1.54, 1.807) is 4.90 Å². The molecule has 0 unspecified atom stereocenters. The maximum absolute atomic E-state index is 12.7. The number of hydrogen-bond donors (Lipinski definition) is 0. The fourth-order valence-corrected chi connectivity index (χ4v) is 3.16. The molecule has 1 atom stereocenters. The van der Waals surface area contributed by atoms with E-state index in [1.807, 2.05) is 25.2 Å². The van der Waals surface area contributed by atoms with Gasteiger partial charge >= 0.3 is 0 Å². The molecule has 0 aromatic heterocycles. The molecule has 2 nitrogen and oxygen atoms in total. The topological polar surface area (TPSA) is 20.3 Å². The lowest BCUT2D eigenvalue weighted by Crippen LogP contribution is -2.37. The third kappa shape index (κ3) is 1.83. The van der Waals surface area contributed by atoms with Crippen molar-refractivity contribution in [3.05, 3.63) is 65.2 Å². The summed E-state index contributed by atoms with van der Waals surface area (Å²) < 4.78 is 0. The van der Waals surface area contributed by atoms with Crippen LogP contribution < -0.4 is 4.90 Å². The first-order valence-corrected chi connectivity index (χ1v) is 6.95. The van der Waals surface area contributed by atoms with Gasteiger partial charge in [0.15, 0.2) is 0 Å². The number of fused-ring (bicyclic) bond motifs is 1. The molecular formula is C18H19NO. The Bertz CT molecular complexity index is 662. The van der Waals surface area contributed by atoms with E-state index in [4.69, 9.17) is 0 Å². The molecule has 2 aromatic rings. The maximum atomic E-state index is 12.7. The SMILES string of the molecule is Cc1ccc2c(c1)N(C)C(=O)[C@]2(C)Cc1ccccc1. The van der Waals surface area contributed by atoms with Crippen LogP contribution in [0.15, 0.2) is 48.5 Å². The highest BCUT2D eigenvalue weighted by Crippen LogP contribution is 2.43. The summed E-state index contributed by atoms with van der Waals surface area (Å²) in [7, 11) is 1.87. The number of likely N-dealkylation sites (N-methyl/N-ethyl adjacent to an activating group) is 1. The van der Waals surface area contributed by atoms with Crippen LogP contribution in [0.5, 0.6) is 0 Å². The van der Waals surface area contributed by atoms with E-state index < -0.39 is 5.41 Å². The number of aryl methyl sites for hydroxylation is 1. The molecule has 20 heavy (non-hydrogen) atoms. The molecule has 0 N–H and O–H groups in total. The largest absolute Gasteiger partial charge is 0.314 e. The molecule has 0 saturated heterocycles. The van der Waals surface area contributed by atoms with Gasteiger partial charge in [-0.3, -0.25) is 4.79 Å². The molecule has 102 valence electrons. The molecule has 2 aromatic carbocycles. The average Bonchev–Trinajstić information content (AvgIpc) is 2.62. The monoisotopic (exact) mass is 265 g/mol. The van der Waals surface area contributed by atoms with E-state index in [2.05, 4.69) is 44.2 Å². The van der Waals surface area contributed by atoms with Crippen LogP contribution in [0.4, 0.5) is 5.69 Å². The van der Waals surface area contributed by atoms with E-state index in [9.17, 15) is 4.79 Å². The van der Waals surface area contributed by atoms with Crippen molar-refractivity contribution in [2.24, 2.45) is 0 Å². The Morgan fingerprint density at radius 3 is 2.50 bits per heavy atom. The minimum atomic E-state index is -0.459. The van der Waals surface area contributed by atoms with Gasteiger partial charge in [-0.05, 0) is 43.0 Å². The lowest BCUT2D eigenvalue weighted by Gasteiger charge is -2.23. The lowest BCUT2D eigenvalue weighted by atomic mass is 9.78. The van der Waals surface area contributed by atoms with E-state index in [-0.39, 0.29) is 5.91 Å². The highest BCUT2D eigenvalue weighted by Gasteiger charge is 2.45. The Morgan fingerprint density at radius 2 is 1.80 bits per heavy atom. The third-order valence-electron chi connectivity index (χ3n) is 4.29. The first-order valence-electron chi connectivity index (χ1n) is 6.95. The van der Waals surface area contributed by atoms with Gasteiger partial charge < -0.3 is 4.90 Å². The molecule has 1 aliphatic heterocycles. The maximum Gasteiger partial charge on any atom is 0.237 e. The third-order valence-corrected chi connectivity index (χ3v) is 4.29.